The highest BCUT2D eigenvalue weighted by molar-refractivity contribution is 5.78. The number of carbonyl (C=O) groups is 1. The van der Waals surface area contributed by atoms with Crippen LogP contribution >= 0.6 is 0 Å². The van der Waals surface area contributed by atoms with E-state index in [-0.39, 0.29) is 11.9 Å². The van der Waals surface area contributed by atoms with E-state index in [4.69, 9.17) is 4.74 Å². The van der Waals surface area contributed by atoms with Crippen LogP contribution in [0.2, 0.25) is 0 Å². The van der Waals surface area contributed by atoms with Crippen molar-refractivity contribution in [1.82, 2.24) is 0 Å². The van der Waals surface area contributed by atoms with Gasteiger partial charge in [-0.25, -0.2) is 0 Å². The number of aryl methyl sites for hydroxylation is 2. The van der Waals surface area contributed by atoms with E-state index in [1.807, 2.05) is 32.9 Å². The zero-order chi connectivity index (χ0) is 15.3. The minimum absolute atomic E-state index is 0.197. The average molecular weight is 278 g/mol. The number of phenolic OH excluding ortho intramolecular Hbond substituents is 1. The fourth-order valence-corrected chi connectivity index (χ4v) is 2.30. The van der Waals surface area contributed by atoms with E-state index in [1.165, 1.54) is 0 Å². The molecule has 0 aliphatic carbocycles. The Balaban J connectivity index is 2.70. The third-order valence-electron chi connectivity index (χ3n) is 3.66. The first kappa shape index (κ1) is 16.5. The Morgan fingerprint density at radius 3 is 2.30 bits per heavy atom. The minimum atomic E-state index is -0.304. The van der Waals surface area contributed by atoms with Gasteiger partial charge >= 0.3 is 5.97 Å². The molecule has 3 heteroatoms. The van der Waals surface area contributed by atoms with Crippen LogP contribution in [0.3, 0.4) is 0 Å². The van der Waals surface area contributed by atoms with E-state index in [0.29, 0.717) is 18.3 Å². The number of carbonyl (C=O) groups excluding carboxylic acids is 1. The quantitative estimate of drug-likeness (QED) is 0.797. The molecule has 1 aromatic rings. The maximum absolute atomic E-state index is 12.1. The number of rotatable bonds is 6. The Kier molecular flexibility index (Phi) is 6.05. The lowest BCUT2D eigenvalue weighted by Gasteiger charge is -2.16. The Morgan fingerprint density at radius 1 is 1.25 bits per heavy atom. The minimum Gasteiger partial charge on any atom is -0.507 e. The van der Waals surface area contributed by atoms with Gasteiger partial charge in [0.25, 0.3) is 0 Å². The maximum Gasteiger partial charge on any atom is 0.313 e. The predicted molar refractivity (Wildman–Crippen MR) is 81.0 cm³/mol. The van der Waals surface area contributed by atoms with Gasteiger partial charge in [-0.2, -0.15) is 0 Å². The molecule has 3 nitrogen and oxygen atoms in total. The van der Waals surface area contributed by atoms with Crippen molar-refractivity contribution >= 4 is 5.97 Å². The smallest absolute Gasteiger partial charge is 0.313 e. The molecule has 0 heterocycles. The predicted octanol–water partition coefficient (Wildman–Crippen LogP) is 4.09. The van der Waals surface area contributed by atoms with Crippen molar-refractivity contribution in [3.05, 3.63) is 28.8 Å². The number of hydrogen-bond donors (Lipinski definition) is 1. The van der Waals surface area contributed by atoms with Crippen molar-refractivity contribution in [2.24, 2.45) is 5.92 Å². The lowest BCUT2D eigenvalue weighted by Crippen LogP contribution is -2.17. The van der Waals surface area contributed by atoms with Crippen molar-refractivity contribution in [3.8, 4) is 5.75 Å². The zero-order valence-corrected chi connectivity index (χ0v) is 13.2. The third-order valence-corrected chi connectivity index (χ3v) is 3.66. The van der Waals surface area contributed by atoms with Crippen molar-refractivity contribution in [2.75, 3.05) is 6.61 Å². The lowest BCUT2D eigenvalue weighted by atomic mass is 9.96. The van der Waals surface area contributed by atoms with Gasteiger partial charge in [-0.15, -0.1) is 0 Å². The molecule has 0 radical (unpaired) electrons. The summed E-state index contributed by atoms with van der Waals surface area (Å²) in [6, 6.07) is 3.70. The average Bonchev–Trinajstić information content (AvgIpc) is 2.41. The summed E-state index contributed by atoms with van der Waals surface area (Å²) in [4.78, 5) is 12.1. The van der Waals surface area contributed by atoms with Crippen molar-refractivity contribution in [3.63, 3.8) is 0 Å². The maximum atomic E-state index is 12.1. The van der Waals surface area contributed by atoms with Gasteiger partial charge < -0.3 is 9.84 Å². The van der Waals surface area contributed by atoms with Crippen LogP contribution in [-0.2, 0) is 9.53 Å². The molecule has 20 heavy (non-hydrogen) atoms. The topological polar surface area (TPSA) is 46.5 Å². The number of hydrogen-bond acceptors (Lipinski definition) is 3. The Hall–Kier alpha value is -1.51. The second-order valence-electron chi connectivity index (χ2n) is 5.75. The molecule has 2 atom stereocenters. The second kappa shape index (κ2) is 7.32. The molecule has 0 fully saturated rings. The summed E-state index contributed by atoms with van der Waals surface area (Å²) in [5, 5.41) is 9.77. The van der Waals surface area contributed by atoms with Crippen molar-refractivity contribution < 1.29 is 14.6 Å². The summed E-state index contributed by atoms with van der Waals surface area (Å²) in [5.41, 5.74) is 2.48. The zero-order valence-electron chi connectivity index (χ0n) is 13.2. The number of ether oxygens (including phenoxy) is 1. The monoisotopic (exact) mass is 278 g/mol. The van der Waals surface area contributed by atoms with Crippen LogP contribution in [0, 0.1) is 19.8 Å². The van der Waals surface area contributed by atoms with Gasteiger partial charge in [0.1, 0.15) is 5.75 Å². The summed E-state index contributed by atoms with van der Waals surface area (Å²) in [5.74, 6) is 0.199. The molecule has 0 spiro atoms. The van der Waals surface area contributed by atoms with Crippen LogP contribution in [0.1, 0.15) is 56.2 Å². The van der Waals surface area contributed by atoms with Gasteiger partial charge in [0.05, 0.1) is 12.5 Å². The highest BCUT2D eigenvalue weighted by Crippen LogP contribution is 2.27. The van der Waals surface area contributed by atoms with Gasteiger partial charge in [-0.1, -0.05) is 32.4 Å². The molecule has 112 valence electrons. The van der Waals surface area contributed by atoms with Gasteiger partial charge in [0.2, 0.25) is 0 Å². The molecular weight excluding hydrogens is 252 g/mol. The Labute approximate surface area is 122 Å². The number of aromatic hydroxyl groups is 1. The SMILES string of the molecule is CCCC(C)COC(=O)C(C)c1cc(C)c(O)c(C)c1. The van der Waals surface area contributed by atoms with Crippen molar-refractivity contribution in [1.29, 1.82) is 0 Å². The van der Waals surface area contributed by atoms with E-state index in [2.05, 4.69) is 13.8 Å². The van der Waals surface area contributed by atoms with Crippen LogP contribution in [0.15, 0.2) is 12.1 Å². The van der Waals surface area contributed by atoms with E-state index < -0.39 is 0 Å². The first-order valence-electron chi connectivity index (χ1n) is 7.33. The number of benzene rings is 1. The fraction of sp³-hybridized carbons (Fsp3) is 0.588. The molecule has 0 aliphatic rings. The lowest BCUT2D eigenvalue weighted by molar-refractivity contribution is -0.146. The molecule has 0 aromatic heterocycles. The Morgan fingerprint density at radius 2 is 1.80 bits per heavy atom. The molecule has 1 aromatic carbocycles. The summed E-state index contributed by atoms with van der Waals surface area (Å²) in [6.45, 7) is 10.2. The van der Waals surface area contributed by atoms with E-state index in [9.17, 15) is 9.90 Å². The normalized spacial score (nSPS) is 13.8. The highest BCUT2D eigenvalue weighted by Gasteiger charge is 2.19. The number of phenols is 1. The van der Waals surface area contributed by atoms with Gasteiger partial charge in [0, 0.05) is 0 Å². The first-order valence-corrected chi connectivity index (χ1v) is 7.33. The standard InChI is InChI=1S/C17H26O3/c1-6-7-11(2)10-20-17(19)14(5)15-8-12(3)16(18)13(4)9-15/h8-9,11,14,18H,6-7,10H2,1-5H3. The number of esters is 1. The summed E-state index contributed by atoms with van der Waals surface area (Å²) in [6.07, 6.45) is 2.17. The van der Waals surface area contributed by atoms with E-state index in [1.54, 1.807) is 0 Å². The van der Waals surface area contributed by atoms with Gasteiger partial charge in [0.15, 0.2) is 0 Å². The molecule has 0 amide bonds. The van der Waals surface area contributed by atoms with Crippen molar-refractivity contribution in [2.45, 2.75) is 53.4 Å². The van der Waals surface area contributed by atoms with Crippen LogP contribution < -0.4 is 0 Å². The molecule has 0 saturated heterocycles. The first-order chi connectivity index (χ1) is 9.36. The summed E-state index contributed by atoms with van der Waals surface area (Å²) >= 11 is 0. The molecule has 0 bridgehead atoms. The van der Waals surface area contributed by atoms with E-state index in [0.717, 1.165) is 29.5 Å². The van der Waals surface area contributed by atoms with Gasteiger partial charge in [-0.05, 0) is 49.8 Å². The van der Waals surface area contributed by atoms with Crippen LogP contribution in [0.5, 0.6) is 5.75 Å². The third kappa shape index (κ3) is 4.26. The molecular formula is C17H26O3. The van der Waals surface area contributed by atoms with Crippen LogP contribution in [0.25, 0.3) is 0 Å². The fourth-order valence-electron chi connectivity index (χ4n) is 2.30. The highest BCUT2D eigenvalue weighted by atomic mass is 16.5. The summed E-state index contributed by atoms with van der Waals surface area (Å²) in [7, 11) is 0. The molecule has 1 N–H and O–H groups in total. The largest absolute Gasteiger partial charge is 0.507 e. The molecule has 0 saturated carbocycles. The second-order valence-corrected chi connectivity index (χ2v) is 5.75. The van der Waals surface area contributed by atoms with E-state index >= 15 is 0 Å². The van der Waals surface area contributed by atoms with Crippen LogP contribution in [0.4, 0.5) is 0 Å². The van der Waals surface area contributed by atoms with Gasteiger partial charge in [-0.3, -0.25) is 4.79 Å². The molecule has 1 rings (SSSR count). The van der Waals surface area contributed by atoms with Crippen LogP contribution in [-0.4, -0.2) is 17.7 Å². The molecule has 0 aliphatic heterocycles. The summed E-state index contributed by atoms with van der Waals surface area (Å²) < 4.78 is 5.38. The Bertz CT molecular complexity index is 442. The molecule has 2 unspecified atom stereocenters.